The first kappa shape index (κ1) is 17.1. The van der Waals surface area contributed by atoms with Crippen LogP contribution in [0, 0.1) is 0 Å². The lowest BCUT2D eigenvalue weighted by Crippen LogP contribution is -2.33. The molecule has 28 heavy (non-hydrogen) atoms. The zero-order chi connectivity index (χ0) is 19.1. The van der Waals surface area contributed by atoms with E-state index in [2.05, 4.69) is 12.1 Å². The van der Waals surface area contributed by atoms with Gasteiger partial charge in [0.05, 0.1) is 23.2 Å². The SMILES string of the molecule is CCOc1cccc2c1O[C@@H](c1cccs1)N1N=C(c3ccccc3O)C[C@@H]21. The van der Waals surface area contributed by atoms with Gasteiger partial charge >= 0.3 is 0 Å². The number of hydrogen-bond acceptors (Lipinski definition) is 6. The molecule has 0 spiro atoms. The van der Waals surface area contributed by atoms with E-state index in [-0.39, 0.29) is 18.0 Å². The highest BCUT2D eigenvalue weighted by molar-refractivity contribution is 7.10. The highest BCUT2D eigenvalue weighted by Gasteiger charge is 2.42. The fraction of sp³-hybridized carbons (Fsp3) is 0.227. The van der Waals surface area contributed by atoms with Crippen LogP contribution in [0.2, 0.25) is 0 Å². The van der Waals surface area contributed by atoms with Gasteiger partial charge in [0.1, 0.15) is 5.75 Å². The second-order valence-electron chi connectivity index (χ2n) is 6.76. The summed E-state index contributed by atoms with van der Waals surface area (Å²) < 4.78 is 12.3. The molecule has 0 bridgehead atoms. The van der Waals surface area contributed by atoms with Crippen LogP contribution >= 0.6 is 11.3 Å². The number of thiophene rings is 1. The summed E-state index contributed by atoms with van der Waals surface area (Å²) in [5.41, 5.74) is 2.69. The zero-order valence-electron chi connectivity index (χ0n) is 15.4. The number of phenols is 1. The average molecular weight is 392 g/mol. The Morgan fingerprint density at radius 2 is 2.07 bits per heavy atom. The van der Waals surface area contributed by atoms with Crippen molar-refractivity contribution in [1.29, 1.82) is 0 Å². The summed E-state index contributed by atoms with van der Waals surface area (Å²) in [6.07, 6.45) is 0.383. The number of rotatable bonds is 4. The van der Waals surface area contributed by atoms with Gasteiger partial charge < -0.3 is 14.6 Å². The summed E-state index contributed by atoms with van der Waals surface area (Å²) >= 11 is 1.65. The number of phenolic OH excluding ortho intramolecular Hbond substituents is 1. The Morgan fingerprint density at radius 3 is 2.86 bits per heavy atom. The van der Waals surface area contributed by atoms with Crippen LogP contribution in [0.4, 0.5) is 0 Å². The summed E-state index contributed by atoms with van der Waals surface area (Å²) in [4.78, 5) is 1.09. The predicted molar refractivity (Wildman–Crippen MR) is 109 cm³/mol. The third kappa shape index (κ3) is 2.72. The lowest BCUT2D eigenvalue weighted by molar-refractivity contribution is -0.0188. The normalized spacial score (nSPS) is 20.2. The molecule has 1 aromatic heterocycles. The van der Waals surface area contributed by atoms with E-state index < -0.39 is 0 Å². The number of hydrazone groups is 1. The molecule has 0 saturated carbocycles. The van der Waals surface area contributed by atoms with Crippen LogP contribution in [0.1, 0.15) is 41.6 Å². The maximum Gasteiger partial charge on any atom is 0.223 e. The Balaban J connectivity index is 1.62. The zero-order valence-corrected chi connectivity index (χ0v) is 16.2. The largest absolute Gasteiger partial charge is 0.507 e. The van der Waals surface area contributed by atoms with Crippen molar-refractivity contribution in [3.63, 3.8) is 0 Å². The molecule has 5 nitrogen and oxygen atoms in total. The topological polar surface area (TPSA) is 54.3 Å². The molecular formula is C22H20N2O3S. The second-order valence-corrected chi connectivity index (χ2v) is 7.74. The van der Waals surface area contributed by atoms with Gasteiger partial charge in [-0.1, -0.05) is 30.3 Å². The minimum absolute atomic E-state index is 0.0332. The Hall–Kier alpha value is -2.99. The summed E-state index contributed by atoms with van der Waals surface area (Å²) in [5, 5.41) is 19.3. The van der Waals surface area contributed by atoms with Crippen LogP contribution in [-0.4, -0.2) is 22.4 Å². The molecule has 3 heterocycles. The number of aromatic hydroxyl groups is 1. The van der Waals surface area contributed by atoms with E-state index in [0.29, 0.717) is 13.0 Å². The molecule has 142 valence electrons. The molecule has 5 rings (SSSR count). The van der Waals surface area contributed by atoms with E-state index in [0.717, 1.165) is 33.2 Å². The third-order valence-electron chi connectivity index (χ3n) is 5.08. The fourth-order valence-corrected chi connectivity index (χ4v) is 4.60. The summed E-state index contributed by atoms with van der Waals surface area (Å²) in [7, 11) is 0. The van der Waals surface area contributed by atoms with Gasteiger partial charge in [0.25, 0.3) is 0 Å². The number of nitrogens with zero attached hydrogens (tertiary/aromatic N) is 2. The van der Waals surface area contributed by atoms with E-state index in [4.69, 9.17) is 14.6 Å². The Bertz CT molecular complexity index is 1030. The predicted octanol–water partition coefficient (Wildman–Crippen LogP) is 5.09. The van der Waals surface area contributed by atoms with Crippen molar-refractivity contribution in [1.82, 2.24) is 5.01 Å². The second kappa shape index (κ2) is 6.87. The highest BCUT2D eigenvalue weighted by Crippen LogP contribution is 2.51. The molecule has 0 amide bonds. The molecular weight excluding hydrogens is 372 g/mol. The van der Waals surface area contributed by atoms with Gasteiger partial charge in [-0.3, -0.25) is 0 Å². The molecule has 0 saturated heterocycles. The first-order valence-electron chi connectivity index (χ1n) is 9.36. The Kier molecular flexibility index (Phi) is 4.20. The van der Waals surface area contributed by atoms with Crippen molar-refractivity contribution in [2.24, 2.45) is 5.10 Å². The molecule has 6 heteroatoms. The lowest BCUT2D eigenvalue weighted by Gasteiger charge is -2.38. The molecule has 2 atom stereocenters. The number of benzene rings is 2. The van der Waals surface area contributed by atoms with E-state index in [1.54, 1.807) is 17.4 Å². The molecule has 0 radical (unpaired) electrons. The van der Waals surface area contributed by atoms with Crippen molar-refractivity contribution in [3.8, 4) is 17.2 Å². The highest BCUT2D eigenvalue weighted by atomic mass is 32.1. The molecule has 0 unspecified atom stereocenters. The van der Waals surface area contributed by atoms with Crippen LogP contribution in [0.3, 0.4) is 0 Å². The fourth-order valence-electron chi connectivity index (χ4n) is 3.85. The molecule has 3 aromatic rings. The van der Waals surface area contributed by atoms with E-state index in [9.17, 15) is 5.11 Å². The van der Waals surface area contributed by atoms with E-state index in [1.165, 1.54) is 0 Å². The quantitative estimate of drug-likeness (QED) is 0.672. The molecule has 1 N–H and O–H groups in total. The third-order valence-corrected chi connectivity index (χ3v) is 5.98. The number of hydrogen-bond donors (Lipinski definition) is 1. The summed E-state index contributed by atoms with van der Waals surface area (Å²) in [6, 6.07) is 17.5. The van der Waals surface area contributed by atoms with E-state index in [1.807, 2.05) is 53.7 Å². The van der Waals surface area contributed by atoms with Gasteiger partial charge in [-0.25, -0.2) is 5.01 Å². The van der Waals surface area contributed by atoms with Crippen LogP contribution in [0.25, 0.3) is 0 Å². The smallest absolute Gasteiger partial charge is 0.223 e. The molecule has 0 aliphatic carbocycles. The van der Waals surface area contributed by atoms with Crippen molar-refractivity contribution in [2.45, 2.75) is 25.6 Å². The van der Waals surface area contributed by atoms with E-state index >= 15 is 0 Å². The summed E-state index contributed by atoms with van der Waals surface area (Å²) in [5.74, 6) is 1.80. The van der Waals surface area contributed by atoms with Gasteiger partial charge in [-0.2, -0.15) is 5.10 Å². The monoisotopic (exact) mass is 392 g/mol. The number of para-hydroxylation sites is 2. The van der Waals surface area contributed by atoms with Crippen LogP contribution < -0.4 is 9.47 Å². The van der Waals surface area contributed by atoms with Crippen molar-refractivity contribution in [2.75, 3.05) is 6.61 Å². The van der Waals surface area contributed by atoms with Gasteiger partial charge in [0.2, 0.25) is 6.23 Å². The Morgan fingerprint density at radius 1 is 1.18 bits per heavy atom. The maximum absolute atomic E-state index is 10.3. The minimum Gasteiger partial charge on any atom is -0.507 e. The molecule has 0 fully saturated rings. The van der Waals surface area contributed by atoms with Crippen molar-refractivity contribution < 1.29 is 14.6 Å². The number of ether oxygens (including phenoxy) is 2. The minimum atomic E-state index is -0.317. The van der Waals surface area contributed by atoms with Gasteiger partial charge in [-0.15, -0.1) is 11.3 Å². The maximum atomic E-state index is 10.3. The summed E-state index contributed by atoms with van der Waals surface area (Å²) in [6.45, 7) is 2.55. The van der Waals surface area contributed by atoms with Gasteiger partial charge in [0.15, 0.2) is 11.5 Å². The molecule has 2 aliphatic heterocycles. The van der Waals surface area contributed by atoms with Crippen LogP contribution in [0.15, 0.2) is 65.1 Å². The molecule has 2 aliphatic rings. The lowest BCUT2D eigenvalue weighted by atomic mass is 9.96. The first-order chi connectivity index (χ1) is 13.8. The van der Waals surface area contributed by atoms with Crippen LogP contribution in [-0.2, 0) is 0 Å². The van der Waals surface area contributed by atoms with Gasteiger partial charge in [-0.05, 0) is 36.6 Å². The standard InChI is InChI=1S/C22H20N2O3S/c1-2-26-19-10-5-8-15-17-13-16(14-7-3-4-9-18(14)25)23-24(17)22(27-21(15)19)20-11-6-12-28-20/h3-12,17,22,25H,2,13H2,1H3/t17-,22-/m0/s1. The van der Waals surface area contributed by atoms with Gasteiger partial charge in [0, 0.05) is 17.5 Å². The average Bonchev–Trinajstić information content (AvgIpc) is 3.38. The number of fused-ring (bicyclic) bond motifs is 3. The molecule has 2 aromatic carbocycles. The van der Waals surface area contributed by atoms with Crippen molar-refractivity contribution >= 4 is 17.0 Å². The van der Waals surface area contributed by atoms with Crippen molar-refractivity contribution in [3.05, 3.63) is 76.0 Å². The Labute approximate surface area is 167 Å². The first-order valence-corrected chi connectivity index (χ1v) is 10.2. The van der Waals surface area contributed by atoms with Crippen LogP contribution in [0.5, 0.6) is 17.2 Å².